The van der Waals surface area contributed by atoms with Crippen molar-refractivity contribution in [2.75, 3.05) is 0 Å². The quantitative estimate of drug-likeness (QED) is 0.341. The Morgan fingerprint density at radius 2 is 1.57 bits per heavy atom. The Morgan fingerprint density at radius 3 is 1.57 bits per heavy atom. The molecule has 0 fully saturated rings. The van der Waals surface area contributed by atoms with E-state index in [2.05, 4.69) is 0 Å². The number of hydrogen-bond acceptors (Lipinski definition) is 1. The van der Waals surface area contributed by atoms with Gasteiger partial charge >= 0.3 is 8.69 Å². The van der Waals surface area contributed by atoms with Crippen molar-refractivity contribution in [2.45, 2.75) is 13.8 Å². The summed E-state index contributed by atoms with van der Waals surface area (Å²) in [7, 11) is -0.833. The average molecular weight is 172 g/mol. The fourth-order valence-corrected chi connectivity index (χ4v) is 0. The van der Waals surface area contributed by atoms with Gasteiger partial charge in [0.25, 0.3) is 0 Å². The van der Waals surface area contributed by atoms with Crippen LogP contribution < -0.4 is 0 Å². The molecule has 0 atom stereocenters. The van der Waals surface area contributed by atoms with E-state index in [0.717, 1.165) is 0 Å². The Hall–Kier alpha value is 0.683. The van der Waals surface area contributed by atoms with E-state index in [1.165, 1.54) is 0 Å². The monoisotopic (exact) mass is 171 g/mol. The van der Waals surface area contributed by atoms with Crippen molar-refractivity contribution in [1.29, 1.82) is 0 Å². The Kier molecular flexibility index (Phi) is 67.0. The van der Waals surface area contributed by atoms with Gasteiger partial charge in [0.15, 0.2) is 0 Å². The standard InChI is InChI=1S/C3H7.HO2P.Zn/c2*1-3-2;/h3H,1-2H3;(H,1,2);/q-1;;. The molecular weight excluding hydrogens is 164 g/mol. The van der Waals surface area contributed by atoms with Crippen LogP contribution in [0.4, 0.5) is 0 Å². The van der Waals surface area contributed by atoms with Crippen molar-refractivity contribution < 1.29 is 28.9 Å². The number of hydrogen-bond donors (Lipinski definition) is 1. The van der Waals surface area contributed by atoms with Crippen LogP contribution in [0, 0.1) is 6.42 Å². The van der Waals surface area contributed by atoms with Gasteiger partial charge in [-0.3, -0.25) is 0 Å². The van der Waals surface area contributed by atoms with Gasteiger partial charge in [-0.1, -0.05) is 0 Å². The normalized spacial score (nSPS) is 5.57. The molecule has 0 spiro atoms. The molecule has 0 aromatic heterocycles. The average Bonchev–Trinajstić information content (AvgIpc) is 1.39. The first-order chi connectivity index (χ1) is 2.83. The van der Waals surface area contributed by atoms with E-state index in [0.29, 0.717) is 0 Å². The summed E-state index contributed by atoms with van der Waals surface area (Å²) in [5.41, 5.74) is 0. The van der Waals surface area contributed by atoms with Gasteiger partial charge in [0.1, 0.15) is 0 Å². The molecule has 0 aromatic carbocycles. The second kappa shape index (κ2) is 30.0. The molecule has 0 unspecified atom stereocenters. The van der Waals surface area contributed by atoms with Crippen LogP contribution in [-0.4, -0.2) is 4.89 Å². The topological polar surface area (TPSA) is 37.3 Å². The van der Waals surface area contributed by atoms with E-state index >= 15 is 0 Å². The molecule has 0 aliphatic heterocycles. The molecule has 0 saturated carbocycles. The molecule has 2 nitrogen and oxygen atoms in total. The van der Waals surface area contributed by atoms with Crippen molar-refractivity contribution in [3.8, 4) is 0 Å². The maximum Gasteiger partial charge on any atom is 0.324 e. The van der Waals surface area contributed by atoms with Crippen molar-refractivity contribution in [3.05, 3.63) is 6.42 Å². The zero-order valence-corrected chi connectivity index (χ0v) is 8.45. The van der Waals surface area contributed by atoms with Crippen LogP contribution in [0.15, 0.2) is 0 Å². The molecule has 0 radical (unpaired) electrons. The fourth-order valence-electron chi connectivity index (χ4n) is 0. The maximum absolute atomic E-state index is 8.46. The predicted octanol–water partition coefficient (Wildman–Crippen LogP) is 1.41. The first-order valence-corrected chi connectivity index (χ1v) is 2.30. The molecule has 0 rings (SSSR count). The molecule has 40 valence electrons. The van der Waals surface area contributed by atoms with Gasteiger partial charge in [-0.25, -0.2) is 4.57 Å². The summed E-state index contributed by atoms with van der Waals surface area (Å²) >= 11 is 0. The largest absolute Gasteiger partial charge is 0.335 e. The van der Waals surface area contributed by atoms with Crippen LogP contribution in [0.5, 0.6) is 0 Å². The summed E-state index contributed by atoms with van der Waals surface area (Å²) in [4.78, 5) is 6.99. The Balaban J connectivity index is -0.0000000400. The first kappa shape index (κ1) is 15.6. The van der Waals surface area contributed by atoms with Gasteiger partial charge in [0.2, 0.25) is 0 Å². The summed E-state index contributed by atoms with van der Waals surface area (Å²) in [6.07, 6.45) is 2.00. The van der Waals surface area contributed by atoms with Gasteiger partial charge in [0, 0.05) is 19.5 Å². The zero-order valence-electron chi connectivity index (χ0n) is 4.59. The van der Waals surface area contributed by atoms with Gasteiger partial charge < -0.3 is 11.3 Å². The minimum atomic E-state index is -0.833. The van der Waals surface area contributed by atoms with E-state index in [1.54, 1.807) is 0 Å². The Morgan fingerprint density at radius 1 is 1.57 bits per heavy atom. The summed E-state index contributed by atoms with van der Waals surface area (Å²) < 4.78 is 8.46. The zero-order chi connectivity index (χ0) is 5.41. The second-order valence-electron chi connectivity index (χ2n) is 0.659. The van der Waals surface area contributed by atoms with Crippen molar-refractivity contribution in [2.24, 2.45) is 0 Å². The molecular formula is C3H8O2PZn-. The van der Waals surface area contributed by atoms with E-state index in [9.17, 15) is 0 Å². The van der Waals surface area contributed by atoms with Crippen molar-refractivity contribution in [1.82, 2.24) is 0 Å². The molecule has 4 heteroatoms. The fraction of sp³-hybridized carbons (Fsp3) is 0.667. The number of rotatable bonds is 0. The first-order valence-electron chi connectivity index (χ1n) is 1.54. The maximum atomic E-state index is 8.46. The van der Waals surface area contributed by atoms with Crippen LogP contribution in [0.3, 0.4) is 0 Å². The SMILES string of the molecule is C[CH-]C.O=PO.[Zn]. The second-order valence-corrected chi connectivity index (χ2v) is 0.822. The van der Waals surface area contributed by atoms with Crippen molar-refractivity contribution >= 4 is 8.69 Å². The third-order valence-electron chi connectivity index (χ3n) is 0. The molecule has 7 heavy (non-hydrogen) atoms. The molecule has 0 bridgehead atoms. The summed E-state index contributed by atoms with van der Waals surface area (Å²) in [5, 5.41) is 0. The molecule has 1 N–H and O–H groups in total. The van der Waals surface area contributed by atoms with Crippen LogP contribution in [0.1, 0.15) is 13.8 Å². The minimum absolute atomic E-state index is 0. The minimum Gasteiger partial charge on any atom is -0.335 e. The van der Waals surface area contributed by atoms with Crippen LogP contribution in [0.25, 0.3) is 0 Å². The molecule has 0 aliphatic rings. The van der Waals surface area contributed by atoms with Gasteiger partial charge in [-0.15, -0.1) is 0 Å². The van der Waals surface area contributed by atoms with Crippen LogP contribution in [0.2, 0.25) is 0 Å². The summed E-state index contributed by atoms with van der Waals surface area (Å²) in [6.45, 7) is 4.00. The van der Waals surface area contributed by atoms with Gasteiger partial charge in [-0.2, -0.15) is 13.8 Å². The Bertz CT molecular complexity index is 26.9. The molecule has 0 aromatic rings. The third kappa shape index (κ3) is 314. The molecule has 0 aliphatic carbocycles. The molecule has 0 heterocycles. The molecule has 0 saturated heterocycles. The van der Waals surface area contributed by atoms with Crippen LogP contribution in [-0.2, 0) is 24.0 Å². The smallest absolute Gasteiger partial charge is 0.324 e. The van der Waals surface area contributed by atoms with Gasteiger partial charge in [-0.05, 0) is 0 Å². The Labute approximate surface area is 58.4 Å². The van der Waals surface area contributed by atoms with E-state index in [1.807, 2.05) is 20.3 Å². The predicted molar refractivity (Wildman–Crippen MR) is 25.5 cm³/mol. The third-order valence-corrected chi connectivity index (χ3v) is 0. The van der Waals surface area contributed by atoms with Gasteiger partial charge in [0.05, 0.1) is 0 Å². The summed E-state index contributed by atoms with van der Waals surface area (Å²) in [5.74, 6) is 0. The van der Waals surface area contributed by atoms with E-state index < -0.39 is 8.69 Å². The van der Waals surface area contributed by atoms with E-state index in [4.69, 9.17) is 9.46 Å². The van der Waals surface area contributed by atoms with Crippen molar-refractivity contribution in [3.63, 3.8) is 0 Å². The summed E-state index contributed by atoms with van der Waals surface area (Å²) in [6, 6.07) is 0. The van der Waals surface area contributed by atoms with Crippen LogP contribution >= 0.6 is 8.69 Å². The van der Waals surface area contributed by atoms with E-state index in [-0.39, 0.29) is 19.5 Å². The molecule has 0 amide bonds.